The predicted molar refractivity (Wildman–Crippen MR) is 128 cm³/mol. The van der Waals surface area contributed by atoms with E-state index in [1.165, 1.54) is 6.26 Å². The molecular formula is C25H26ClN3O4. The normalized spacial score (nSPS) is 14.2. The summed E-state index contributed by atoms with van der Waals surface area (Å²) < 4.78 is 11.1. The molecule has 1 saturated heterocycles. The number of furan rings is 1. The second kappa shape index (κ2) is 9.58. The molecule has 0 unspecified atom stereocenters. The van der Waals surface area contributed by atoms with Gasteiger partial charge in [0.05, 0.1) is 17.0 Å². The summed E-state index contributed by atoms with van der Waals surface area (Å²) in [4.78, 5) is 29.1. The van der Waals surface area contributed by atoms with Crippen LogP contribution in [0.25, 0.3) is 0 Å². The van der Waals surface area contributed by atoms with E-state index in [1.54, 1.807) is 36.9 Å². The molecule has 1 aliphatic heterocycles. The van der Waals surface area contributed by atoms with Gasteiger partial charge in [0.1, 0.15) is 5.75 Å². The molecule has 3 aromatic rings. The van der Waals surface area contributed by atoms with Crippen molar-refractivity contribution in [1.82, 2.24) is 4.90 Å². The standard InChI is InChI=1S/C25H26ClN3O4/c1-25(2,33-19-7-4-3-5-8-19)24(31)27-18-10-11-21(20(26)17-18)28-12-14-29(15-13-28)23(30)22-9-6-16-32-22/h3-11,16-17H,12-15H2,1-2H3,(H,27,31). The van der Waals surface area contributed by atoms with Crippen LogP contribution in [0, 0.1) is 0 Å². The van der Waals surface area contributed by atoms with Crippen molar-refractivity contribution in [3.8, 4) is 5.75 Å². The first-order valence-corrected chi connectivity index (χ1v) is 11.1. The summed E-state index contributed by atoms with van der Waals surface area (Å²) in [6.07, 6.45) is 1.50. The summed E-state index contributed by atoms with van der Waals surface area (Å²) >= 11 is 6.55. The van der Waals surface area contributed by atoms with Gasteiger partial charge in [0.2, 0.25) is 0 Å². The Morgan fingerprint density at radius 2 is 1.73 bits per heavy atom. The lowest BCUT2D eigenvalue weighted by molar-refractivity contribution is -0.128. The summed E-state index contributed by atoms with van der Waals surface area (Å²) in [6.45, 7) is 5.87. The predicted octanol–water partition coefficient (Wildman–Crippen LogP) is 4.69. The summed E-state index contributed by atoms with van der Waals surface area (Å²) in [5, 5.41) is 3.41. The van der Waals surface area contributed by atoms with E-state index in [2.05, 4.69) is 10.2 Å². The monoisotopic (exact) mass is 467 g/mol. The van der Waals surface area contributed by atoms with Crippen molar-refractivity contribution in [1.29, 1.82) is 0 Å². The van der Waals surface area contributed by atoms with E-state index in [4.69, 9.17) is 20.8 Å². The molecule has 0 spiro atoms. The van der Waals surface area contributed by atoms with Gasteiger partial charge in [-0.05, 0) is 56.3 Å². The zero-order valence-electron chi connectivity index (χ0n) is 18.6. The molecule has 2 amide bonds. The molecule has 2 heterocycles. The first kappa shape index (κ1) is 22.7. The van der Waals surface area contributed by atoms with E-state index < -0.39 is 5.60 Å². The van der Waals surface area contributed by atoms with Crippen LogP contribution >= 0.6 is 11.6 Å². The Kier molecular flexibility index (Phi) is 6.60. The molecule has 0 saturated carbocycles. The molecule has 1 aromatic heterocycles. The Hall–Kier alpha value is -3.45. The fraction of sp³-hybridized carbons (Fsp3) is 0.280. The van der Waals surface area contributed by atoms with E-state index in [9.17, 15) is 9.59 Å². The minimum Gasteiger partial charge on any atom is -0.478 e. The largest absolute Gasteiger partial charge is 0.478 e. The van der Waals surface area contributed by atoms with Crippen LogP contribution in [0.15, 0.2) is 71.3 Å². The van der Waals surface area contributed by atoms with Crippen LogP contribution in [0.2, 0.25) is 5.02 Å². The van der Waals surface area contributed by atoms with E-state index >= 15 is 0 Å². The Labute approximate surface area is 197 Å². The number of nitrogens with zero attached hydrogens (tertiary/aromatic N) is 2. The van der Waals surface area contributed by atoms with E-state index in [-0.39, 0.29) is 11.8 Å². The topological polar surface area (TPSA) is 75.0 Å². The van der Waals surface area contributed by atoms with Gasteiger partial charge in [-0.3, -0.25) is 9.59 Å². The third-order valence-electron chi connectivity index (χ3n) is 5.51. The van der Waals surface area contributed by atoms with Crippen molar-refractivity contribution in [2.75, 3.05) is 36.4 Å². The van der Waals surface area contributed by atoms with E-state index in [1.807, 2.05) is 42.5 Å². The summed E-state index contributed by atoms with van der Waals surface area (Å²) in [6, 6.07) is 18.0. The van der Waals surface area contributed by atoms with Gasteiger partial charge in [-0.2, -0.15) is 0 Å². The van der Waals surface area contributed by atoms with Crippen molar-refractivity contribution in [3.63, 3.8) is 0 Å². The molecule has 0 atom stereocenters. The third kappa shape index (κ3) is 5.31. The molecule has 8 heteroatoms. The molecule has 1 aliphatic rings. The van der Waals surface area contributed by atoms with Crippen LogP contribution in [0.1, 0.15) is 24.4 Å². The Morgan fingerprint density at radius 1 is 1.00 bits per heavy atom. The van der Waals surface area contributed by atoms with Crippen LogP contribution in [-0.2, 0) is 4.79 Å². The Morgan fingerprint density at radius 3 is 2.36 bits per heavy atom. The zero-order valence-corrected chi connectivity index (χ0v) is 19.3. The average Bonchev–Trinajstić information content (AvgIpc) is 3.34. The molecule has 172 valence electrons. The van der Waals surface area contributed by atoms with Crippen LogP contribution in [-0.4, -0.2) is 48.5 Å². The van der Waals surface area contributed by atoms with Gasteiger partial charge < -0.3 is 24.3 Å². The fourth-order valence-electron chi connectivity index (χ4n) is 3.66. The first-order valence-electron chi connectivity index (χ1n) is 10.8. The lowest BCUT2D eigenvalue weighted by Gasteiger charge is -2.36. The fourth-order valence-corrected chi connectivity index (χ4v) is 3.96. The van der Waals surface area contributed by atoms with Gasteiger partial charge in [0, 0.05) is 31.9 Å². The minimum atomic E-state index is -1.07. The smallest absolute Gasteiger partial charge is 0.289 e. The highest BCUT2D eigenvalue weighted by Crippen LogP contribution is 2.30. The molecule has 0 aliphatic carbocycles. The lowest BCUT2D eigenvalue weighted by Crippen LogP contribution is -2.48. The van der Waals surface area contributed by atoms with Gasteiger partial charge in [0.25, 0.3) is 11.8 Å². The molecular weight excluding hydrogens is 442 g/mol. The van der Waals surface area contributed by atoms with E-state index in [0.29, 0.717) is 48.4 Å². The highest BCUT2D eigenvalue weighted by molar-refractivity contribution is 6.33. The van der Waals surface area contributed by atoms with Gasteiger partial charge in [0.15, 0.2) is 11.4 Å². The summed E-state index contributed by atoms with van der Waals surface area (Å²) in [7, 11) is 0. The van der Waals surface area contributed by atoms with Crippen LogP contribution in [0.4, 0.5) is 11.4 Å². The minimum absolute atomic E-state index is 0.107. The van der Waals surface area contributed by atoms with Crippen LogP contribution < -0.4 is 15.0 Å². The number of hydrogen-bond acceptors (Lipinski definition) is 5. The van der Waals surface area contributed by atoms with Gasteiger partial charge in [-0.1, -0.05) is 29.8 Å². The van der Waals surface area contributed by atoms with Crippen molar-refractivity contribution in [3.05, 3.63) is 77.7 Å². The van der Waals surface area contributed by atoms with Crippen LogP contribution in [0.3, 0.4) is 0 Å². The Bertz CT molecular complexity index is 1110. The number of anilines is 2. The number of piperazine rings is 1. The molecule has 1 fully saturated rings. The number of halogens is 1. The number of para-hydroxylation sites is 1. The maximum Gasteiger partial charge on any atom is 0.289 e. The Balaban J connectivity index is 1.36. The van der Waals surface area contributed by atoms with Crippen molar-refractivity contribution in [2.24, 2.45) is 0 Å². The maximum absolute atomic E-state index is 12.8. The number of carbonyl (C=O) groups excluding carboxylic acids is 2. The molecule has 33 heavy (non-hydrogen) atoms. The van der Waals surface area contributed by atoms with Gasteiger partial charge in [-0.15, -0.1) is 0 Å². The number of rotatable bonds is 6. The second-order valence-corrected chi connectivity index (χ2v) is 8.71. The highest BCUT2D eigenvalue weighted by atomic mass is 35.5. The SMILES string of the molecule is CC(C)(Oc1ccccc1)C(=O)Nc1ccc(N2CCN(C(=O)c3ccco3)CC2)c(Cl)c1. The first-order chi connectivity index (χ1) is 15.8. The van der Waals surface area contributed by atoms with E-state index in [0.717, 1.165) is 5.69 Å². The zero-order chi connectivity index (χ0) is 23.4. The van der Waals surface area contributed by atoms with Gasteiger partial charge in [-0.25, -0.2) is 0 Å². The molecule has 7 nitrogen and oxygen atoms in total. The number of hydrogen-bond donors (Lipinski definition) is 1. The third-order valence-corrected chi connectivity index (χ3v) is 5.81. The number of nitrogens with one attached hydrogen (secondary N) is 1. The lowest BCUT2D eigenvalue weighted by atomic mass is 10.1. The molecule has 2 aromatic carbocycles. The number of benzene rings is 2. The van der Waals surface area contributed by atoms with Crippen molar-refractivity contribution in [2.45, 2.75) is 19.4 Å². The molecule has 1 N–H and O–H groups in total. The average molecular weight is 468 g/mol. The highest BCUT2D eigenvalue weighted by Gasteiger charge is 2.30. The molecule has 0 bridgehead atoms. The van der Waals surface area contributed by atoms with Gasteiger partial charge >= 0.3 is 0 Å². The second-order valence-electron chi connectivity index (χ2n) is 8.30. The van der Waals surface area contributed by atoms with Crippen molar-refractivity contribution < 1.29 is 18.7 Å². The van der Waals surface area contributed by atoms with Crippen LogP contribution in [0.5, 0.6) is 5.75 Å². The maximum atomic E-state index is 12.8. The van der Waals surface area contributed by atoms with Crippen molar-refractivity contribution >= 4 is 34.8 Å². The summed E-state index contributed by atoms with van der Waals surface area (Å²) in [5.41, 5.74) is 0.383. The number of ether oxygens (including phenoxy) is 1. The summed E-state index contributed by atoms with van der Waals surface area (Å²) in [5.74, 6) is 0.584. The quantitative estimate of drug-likeness (QED) is 0.569. The molecule has 0 radical (unpaired) electrons. The molecule has 4 rings (SSSR count). The number of amides is 2. The number of carbonyl (C=O) groups is 2.